The molecule has 1 saturated heterocycles. The first-order valence-corrected chi connectivity index (χ1v) is 9.04. The summed E-state index contributed by atoms with van der Waals surface area (Å²) in [5.74, 6) is 0.968. The molecule has 2 N–H and O–H groups in total. The van der Waals surface area contributed by atoms with Crippen LogP contribution in [0.15, 0.2) is 42.6 Å². The average Bonchev–Trinajstić information content (AvgIpc) is 3.29. The SMILES string of the molecule is Cc1c(C(=O)N2CCCC2c2nc(N)n(C)n2)cccc1-c1ccccn1. The summed E-state index contributed by atoms with van der Waals surface area (Å²) >= 11 is 0. The molecule has 7 nitrogen and oxygen atoms in total. The third-order valence-corrected chi connectivity index (χ3v) is 5.13. The first kappa shape index (κ1) is 17.2. The molecule has 7 heteroatoms. The summed E-state index contributed by atoms with van der Waals surface area (Å²) in [7, 11) is 1.76. The molecule has 3 aromatic rings. The third kappa shape index (κ3) is 3.05. The molecule has 138 valence electrons. The zero-order chi connectivity index (χ0) is 19.0. The van der Waals surface area contributed by atoms with Crippen LogP contribution < -0.4 is 5.73 Å². The third-order valence-electron chi connectivity index (χ3n) is 5.13. The second kappa shape index (κ2) is 6.83. The van der Waals surface area contributed by atoms with Crippen LogP contribution in [-0.4, -0.2) is 37.1 Å². The summed E-state index contributed by atoms with van der Waals surface area (Å²) < 4.78 is 1.54. The van der Waals surface area contributed by atoms with Gasteiger partial charge < -0.3 is 10.6 Å². The molecule has 1 aromatic carbocycles. The molecule has 0 bridgehead atoms. The fourth-order valence-electron chi connectivity index (χ4n) is 3.66. The molecule has 1 unspecified atom stereocenters. The largest absolute Gasteiger partial charge is 0.368 e. The van der Waals surface area contributed by atoms with Gasteiger partial charge in [0.25, 0.3) is 5.91 Å². The Morgan fingerprint density at radius 2 is 2.07 bits per heavy atom. The maximum atomic E-state index is 13.3. The first-order chi connectivity index (χ1) is 13.1. The molecule has 0 saturated carbocycles. The van der Waals surface area contributed by atoms with E-state index < -0.39 is 0 Å². The average molecular weight is 362 g/mol. The van der Waals surface area contributed by atoms with Gasteiger partial charge in [-0.05, 0) is 43.5 Å². The van der Waals surface area contributed by atoms with E-state index in [2.05, 4.69) is 15.1 Å². The van der Waals surface area contributed by atoms with Crippen LogP contribution in [0.5, 0.6) is 0 Å². The summed E-state index contributed by atoms with van der Waals surface area (Å²) in [6.07, 6.45) is 3.53. The number of rotatable bonds is 3. The van der Waals surface area contributed by atoms with Crippen molar-refractivity contribution in [3.63, 3.8) is 0 Å². The summed E-state index contributed by atoms with van der Waals surface area (Å²) in [6, 6.07) is 11.4. The Hall–Kier alpha value is -3.22. The first-order valence-electron chi connectivity index (χ1n) is 9.04. The Bertz CT molecular complexity index is 962. The molecule has 3 heterocycles. The second-order valence-electron chi connectivity index (χ2n) is 6.80. The number of nitrogen functional groups attached to an aromatic ring is 1. The number of anilines is 1. The van der Waals surface area contributed by atoms with Crippen molar-refractivity contribution in [1.29, 1.82) is 0 Å². The van der Waals surface area contributed by atoms with E-state index in [9.17, 15) is 4.79 Å². The lowest BCUT2D eigenvalue weighted by molar-refractivity contribution is 0.0729. The summed E-state index contributed by atoms with van der Waals surface area (Å²) in [5, 5.41) is 4.38. The van der Waals surface area contributed by atoms with E-state index in [1.165, 1.54) is 0 Å². The lowest BCUT2D eigenvalue weighted by Crippen LogP contribution is -2.31. The van der Waals surface area contributed by atoms with Crippen LogP contribution in [0.4, 0.5) is 5.95 Å². The number of nitrogens with two attached hydrogens (primary N) is 1. The van der Waals surface area contributed by atoms with E-state index >= 15 is 0 Å². The molecular weight excluding hydrogens is 340 g/mol. The number of hydrogen-bond acceptors (Lipinski definition) is 5. The normalized spacial score (nSPS) is 16.7. The summed E-state index contributed by atoms with van der Waals surface area (Å²) in [5.41, 5.74) is 9.28. The number of carbonyl (C=O) groups excluding carboxylic acids is 1. The van der Waals surface area contributed by atoms with Crippen molar-refractivity contribution >= 4 is 11.9 Å². The van der Waals surface area contributed by atoms with Crippen molar-refractivity contribution in [2.24, 2.45) is 7.05 Å². The van der Waals surface area contributed by atoms with Gasteiger partial charge in [-0.1, -0.05) is 18.2 Å². The number of benzene rings is 1. The molecule has 1 aliphatic heterocycles. The van der Waals surface area contributed by atoms with Crippen molar-refractivity contribution in [1.82, 2.24) is 24.6 Å². The Balaban J connectivity index is 1.68. The molecule has 4 rings (SSSR count). The highest BCUT2D eigenvalue weighted by Crippen LogP contribution is 2.33. The van der Waals surface area contributed by atoms with Crippen LogP contribution in [0.2, 0.25) is 0 Å². The highest BCUT2D eigenvalue weighted by atomic mass is 16.2. The number of amides is 1. The topological polar surface area (TPSA) is 89.9 Å². The minimum Gasteiger partial charge on any atom is -0.368 e. The predicted molar refractivity (Wildman–Crippen MR) is 103 cm³/mol. The molecule has 27 heavy (non-hydrogen) atoms. The van der Waals surface area contributed by atoms with Crippen LogP contribution in [-0.2, 0) is 7.05 Å². The quantitative estimate of drug-likeness (QED) is 0.774. The van der Waals surface area contributed by atoms with Crippen molar-refractivity contribution in [2.45, 2.75) is 25.8 Å². The Morgan fingerprint density at radius 3 is 2.78 bits per heavy atom. The van der Waals surface area contributed by atoms with E-state index in [0.29, 0.717) is 23.9 Å². The molecule has 2 aromatic heterocycles. The van der Waals surface area contributed by atoms with Crippen molar-refractivity contribution in [3.05, 3.63) is 59.5 Å². The number of carbonyl (C=O) groups is 1. The van der Waals surface area contributed by atoms with Gasteiger partial charge in [0, 0.05) is 30.9 Å². The smallest absolute Gasteiger partial charge is 0.254 e. The van der Waals surface area contributed by atoms with E-state index in [4.69, 9.17) is 5.73 Å². The number of nitrogens with zero attached hydrogens (tertiary/aromatic N) is 5. The minimum absolute atomic E-state index is 0.00111. The van der Waals surface area contributed by atoms with Gasteiger partial charge in [0.2, 0.25) is 5.95 Å². The van der Waals surface area contributed by atoms with Gasteiger partial charge in [0.15, 0.2) is 5.82 Å². The van der Waals surface area contributed by atoms with Gasteiger partial charge in [-0.2, -0.15) is 10.1 Å². The van der Waals surface area contributed by atoms with Gasteiger partial charge in [-0.3, -0.25) is 9.78 Å². The van der Waals surface area contributed by atoms with E-state index in [-0.39, 0.29) is 11.9 Å². The molecule has 0 spiro atoms. The number of pyridine rings is 1. The van der Waals surface area contributed by atoms with E-state index in [1.54, 1.807) is 17.9 Å². The van der Waals surface area contributed by atoms with Crippen LogP contribution in [0.1, 0.15) is 40.6 Å². The number of aromatic nitrogens is 4. The van der Waals surface area contributed by atoms with Crippen molar-refractivity contribution in [3.8, 4) is 11.3 Å². The number of hydrogen-bond donors (Lipinski definition) is 1. The fraction of sp³-hybridized carbons (Fsp3) is 0.300. The van der Waals surface area contributed by atoms with Gasteiger partial charge in [-0.25, -0.2) is 4.68 Å². The van der Waals surface area contributed by atoms with Gasteiger partial charge in [0.05, 0.1) is 11.7 Å². The number of aryl methyl sites for hydroxylation is 1. The van der Waals surface area contributed by atoms with Crippen LogP contribution in [0, 0.1) is 6.92 Å². The maximum Gasteiger partial charge on any atom is 0.254 e. The van der Waals surface area contributed by atoms with Crippen LogP contribution >= 0.6 is 0 Å². The zero-order valence-electron chi connectivity index (χ0n) is 15.5. The standard InChI is InChI=1S/C20H22N6O/c1-13-14(16-9-3-4-11-22-16)7-5-8-15(13)19(27)26-12-6-10-17(26)18-23-20(21)25(2)24-18/h3-5,7-9,11,17H,6,10,12H2,1-2H3,(H2,21,23,24). The molecule has 0 radical (unpaired) electrons. The molecule has 1 fully saturated rings. The highest BCUT2D eigenvalue weighted by Gasteiger charge is 2.34. The summed E-state index contributed by atoms with van der Waals surface area (Å²) in [4.78, 5) is 24.0. The van der Waals surface area contributed by atoms with Crippen LogP contribution in [0.3, 0.4) is 0 Å². The molecule has 1 atom stereocenters. The zero-order valence-corrected chi connectivity index (χ0v) is 15.5. The Morgan fingerprint density at radius 1 is 1.22 bits per heavy atom. The Kier molecular flexibility index (Phi) is 4.35. The molecule has 1 amide bonds. The fourth-order valence-corrected chi connectivity index (χ4v) is 3.66. The van der Waals surface area contributed by atoms with Crippen molar-refractivity contribution in [2.75, 3.05) is 12.3 Å². The van der Waals surface area contributed by atoms with Gasteiger partial charge in [0.1, 0.15) is 0 Å². The van der Waals surface area contributed by atoms with E-state index in [1.807, 2.05) is 48.2 Å². The minimum atomic E-state index is -0.140. The predicted octanol–water partition coefficient (Wildman–Crippen LogP) is 2.75. The monoisotopic (exact) mass is 362 g/mol. The van der Waals surface area contributed by atoms with Gasteiger partial charge in [-0.15, -0.1) is 0 Å². The lowest BCUT2D eigenvalue weighted by atomic mass is 9.98. The Labute approximate surface area is 157 Å². The lowest BCUT2D eigenvalue weighted by Gasteiger charge is -2.24. The molecule has 0 aliphatic carbocycles. The summed E-state index contributed by atoms with van der Waals surface area (Å²) in [6.45, 7) is 2.66. The van der Waals surface area contributed by atoms with Crippen molar-refractivity contribution < 1.29 is 4.79 Å². The number of likely N-dealkylation sites (tertiary alicyclic amines) is 1. The highest BCUT2D eigenvalue weighted by molar-refractivity contribution is 5.97. The molecule has 1 aliphatic rings. The second-order valence-corrected chi connectivity index (χ2v) is 6.80. The molecular formula is C20H22N6O. The van der Waals surface area contributed by atoms with Crippen LogP contribution in [0.25, 0.3) is 11.3 Å². The van der Waals surface area contributed by atoms with Gasteiger partial charge >= 0.3 is 0 Å². The maximum absolute atomic E-state index is 13.3. The van der Waals surface area contributed by atoms with E-state index in [0.717, 1.165) is 29.7 Å².